The highest BCUT2D eigenvalue weighted by Gasteiger charge is 2.46. The second kappa shape index (κ2) is 16.4. The average Bonchev–Trinajstić information content (AvgIpc) is 4.01. The number of aliphatic hydroxyl groups is 3. The summed E-state index contributed by atoms with van der Waals surface area (Å²) in [5.41, 5.74) is 4.17. The number of amides is 1. The van der Waals surface area contributed by atoms with Gasteiger partial charge in [-0.15, -0.1) is 27.8 Å². The highest BCUT2D eigenvalue weighted by Crippen LogP contribution is 2.41. The Morgan fingerprint density at radius 1 is 1.09 bits per heavy atom. The average molecular weight is 842 g/mol. The number of rotatable bonds is 13. The van der Waals surface area contributed by atoms with E-state index in [1.54, 1.807) is 12.1 Å². The van der Waals surface area contributed by atoms with Crippen molar-refractivity contribution >= 4 is 61.5 Å². The first-order valence-corrected chi connectivity index (χ1v) is 21.9. The zero-order valence-electron chi connectivity index (χ0n) is 30.3. The van der Waals surface area contributed by atoms with Crippen molar-refractivity contribution in [2.75, 3.05) is 26.2 Å². The fourth-order valence-electron chi connectivity index (χ4n) is 9.35. The Balaban J connectivity index is 0.829. The monoisotopic (exact) mass is 840 g/mol. The first kappa shape index (κ1) is 38.1. The number of hydrogen-bond acceptors (Lipinski definition) is 12. The number of halogens is 1. The minimum Gasteiger partial charge on any atom is -0.460 e. The minimum atomic E-state index is -1.82. The Morgan fingerprint density at radius 2 is 1.93 bits per heavy atom. The van der Waals surface area contributed by atoms with E-state index in [9.17, 15) is 24.9 Å². The summed E-state index contributed by atoms with van der Waals surface area (Å²) in [5, 5.41) is 50.9. The van der Waals surface area contributed by atoms with E-state index in [0.717, 1.165) is 85.9 Å². The van der Waals surface area contributed by atoms with Gasteiger partial charge in [0.05, 0.1) is 37.3 Å². The fraction of sp³-hybridized carbons (Fsp3) is 0.590. The molecule has 290 valence electrons. The zero-order valence-corrected chi connectivity index (χ0v) is 33.5. The predicted molar refractivity (Wildman–Crippen MR) is 210 cm³/mol. The van der Waals surface area contributed by atoms with Crippen LogP contribution in [0.15, 0.2) is 39.5 Å². The summed E-state index contributed by atoms with van der Waals surface area (Å²) in [4.78, 5) is 29.0. The summed E-state index contributed by atoms with van der Waals surface area (Å²) in [5.74, 6) is -0.478. The van der Waals surface area contributed by atoms with E-state index < -0.39 is 23.8 Å². The number of carbonyl (C=O) groups excluding carboxylic acids is 2. The van der Waals surface area contributed by atoms with Crippen LogP contribution in [0.25, 0.3) is 11.0 Å². The van der Waals surface area contributed by atoms with Crippen molar-refractivity contribution in [2.45, 2.75) is 107 Å². The Bertz CT molecular complexity index is 1950. The number of aryl methyl sites for hydroxylation is 2. The van der Waals surface area contributed by atoms with Crippen LogP contribution < -0.4 is 10.6 Å². The fourth-order valence-corrected chi connectivity index (χ4v) is 11.7. The molecule has 6 atom stereocenters. The van der Waals surface area contributed by atoms with E-state index in [1.807, 2.05) is 17.5 Å². The van der Waals surface area contributed by atoms with Crippen LogP contribution in [-0.4, -0.2) is 97.6 Å². The SMILES string of the molecule is O=C1CCC2C(N1)C(O)CCC2[C@@H](O)CNCc1cc2nnn(CCCN3CCC(OC(=O)[C@](O)(c4cccs4)c4ccc(Br)s4)CC3)c2c2c1CCC2. The largest absolute Gasteiger partial charge is 0.460 e. The van der Waals surface area contributed by atoms with Gasteiger partial charge < -0.3 is 35.6 Å². The Labute approximate surface area is 331 Å². The van der Waals surface area contributed by atoms with Gasteiger partial charge in [0.2, 0.25) is 11.5 Å². The maximum atomic E-state index is 13.5. The van der Waals surface area contributed by atoms with Crippen LogP contribution in [0.2, 0.25) is 0 Å². The van der Waals surface area contributed by atoms with Gasteiger partial charge in [0, 0.05) is 39.1 Å². The number of ether oxygens (including phenoxy) is 1. The van der Waals surface area contributed by atoms with Crippen LogP contribution in [0.5, 0.6) is 0 Å². The molecule has 2 aliphatic heterocycles. The lowest BCUT2D eigenvalue weighted by Crippen LogP contribution is -2.58. The van der Waals surface area contributed by atoms with Crippen molar-refractivity contribution in [1.29, 1.82) is 0 Å². The van der Waals surface area contributed by atoms with Gasteiger partial charge in [-0.3, -0.25) is 4.79 Å². The van der Waals surface area contributed by atoms with E-state index >= 15 is 0 Å². The second-order valence-corrected chi connectivity index (χ2v) is 18.8. The van der Waals surface area contributed by atoms with Crippen molar-refractivity contribution in [3.8, 4) is 0 Å². The van der Waals surface area contributed by atoms with E-state index in [4.69, 9.17) is 4.74 Å². The van der Waals surface area contributed by atoms with Gasteiger partial charge in [-0.05, 0) is 138 Å². The van der Waals surface area contributed by atoms with Crippen molar-refractivity contribution in [1.82, 2.24) is 30.5 Å². The van der Waals surface area contributed by atoms with Crippen LogP contribution in [-0.2, 0) is 45.9 Å². The molecule has 8 rings (SSSR count). The van der Waals surface area contributed by atoms with Gasteiger partial charge in [-0.1, -0.05) is 11.3 Å². The van der Waals surface area contributed by atoms with Gasteiger partial charge in [0.1, 0.15) is 11.6 Å². The van der Waals surface area contributed by atoms with Gasteiger partial charge in [0.15, 0.2) is 0 Å². The van der Waals surface area contributed by atoms with Gasteiger partial charge in [-0.25, -0.2) is 9.48 Å². The van der Waals surface area contributed by atoms with Crippen LogP contribution in [0, 0.1) is 11.8 Å². The van der Waals surface area contributed by atoms with Crippen molar-refractivity contribution < 1.29 is 29.6 Å². The van der Waals surface area contributed by atoms with Crippen LogP contribution >= 0.6 is 38.6 Å². The van der Waals surface area contributed by atoms with Gasteiger partial charge in [-0.2, -0.15) is 0 Å². The molecule has 4 unspecified atom stereocenters. The molecule has 2 aliphatic carbocycles. The number of aliphatic hydroxyl groups excluding tert-OH is 2. The summed E-state index contributed by atoms with van der Waals surface area (Å²) in [6, 6.07) is 9.12. The van der Waals surface area contributed by atoms with Crippen molar-refractivity contribution in [3.63, 3.8) is 0 Å². The summed E-state index contributed by atoms with van der Waals surface area (Å²) >= 11 is 6.14. The number of thiophene rings is 2. The molecule has 1 aromatic carbocycles. The maximum absolute atomic E-state index is 13.5. The Kier molecular flexibility index (Phi) is 11.6. The number of aromatic nitrogens is 3. The lowest BCUT2D eigenvalue weighted by Gasteiger charge is -2.45. The molecule has 12 nitrogen and oxygen atoms in total. The van der Waals surface area contributed by atoms with Crippen LogP contribution in [0.4, 0.5) is 0 Å². The number of piperidine rings is 2. The number of carbonyl (C=O) groups is 2. The first-order chi connectivity index (χ1) is 26.2. The highest BCUT2D eigenvalue weighted by molar-refractivity contribution is 9.11. The first-order valence-electron chi connectivity index (χ1n) is 19.4. The third-order valence-electron chi connectivity index (χ3n) is 12.1. The smallest absolute Gasteiger partial charge is 0.349 e. The van der Waals surface area contributed by atoms with Gasteiger partial charge in [0.25, 0.3) is 0 Å². The van der Waals surface area contributed by atoms with E-state index in [2.05, 4.69) is 52.5 Å². The number of likely N-dealkylation sites (tertiary alicyclic amines) is 1. The number of esters is 1. The predicted octanol–water partition coefficient (Wildman–Crippen LogP) is 4.26. The van der Waals surface area contributed by atoms with Crippen molar-refractivity contribution in [2.24, 2.45) is 11.8 Å². The zero-order chi connectivity index (χ0) is 37.4. The molecule has 1 amide bonds. The number of nitrogens with zero attached hydrogens (tertiary/aromatic N) is 4. The van der Waals surface area contributed by atoms with Crippen LogP contribution in [0.1, 0.15) is 77.8 Å². The molecule has 4 aliphatic rings. The summed E-state index contributed by atoms with van der Waals surface area (Å²) in [6.45, 7) is 4.42. The Morgan fingerprint density at radius 3 is 2.70 bits per heavy atom. The third kappa shape index (κ3) is 7.67. The topological polar surface area (TPSA) is 162 Å². The molecule has 1 saturated carbocycles. The van der Waals surface area contributed by atoms with Crippen molar-refractivity contribution in [3.05, 3.63) is 65.9 Å². The van der Waals surface area contributed by atoms with E-state index in [0.29, 0.717) is 42.1 Å². The number of hydrogen-bond donors (Lipinski definition) is 5. The second-order valence-electron chi connectivity index (χ2n) is 15.4. The number of fused-ring (bicyclic) bond motifs is 4. The molecule has 15 heteroatoms. The summed E-state index contributed by atoms with van der Waals surface area (Å²) in [7, 11) is 0. The van der Waals surface area contributed by atoms with Crippen LogP contribution in [0.3, 0.4) is 0 Å². The molecule has 0 radical (unpaired) electrons. The molecule has 3 aromatic heterocycles. The molecule has 5 N–H and O–H groups in total. The van der Waals surface area contributed by atoms with Gasteiger partial charge >= 0.3 is 5.97 Å². The summed E-state index contributed by atoms with van der Waals surface area (Å²) in [6.07, 6.45) is 6.68. The lowest BCUT2D eigenvalue weighted by molar-refractivity contribution is -0.169. The minimum absolute atomic E-state index is 0.00761. The van der Waals surface area contributed by atoms with E-state index in [-0.39, 0.29) is 29.9 Å². The molecular weight excluding hydrogens is 793 g/mol. The standard InChI is InChI=1S/C39H49BrN6O6S2/c40-34-11-10-33(54-34)39(51,32-6-2-19-53-32)38(50)52-24-13-17-45(18-14-24)15-3-16-46-37-28-5-1-4-25(28)23(20-29(37)43-44-46)21-41-22-31(48)26-7-9-30(47)36-27(26)8-12-35(49)42-36/h2,6,10-11,19-20,24,26-27,30-31,36,41,47-48,51H,1,3-5,7-9,12-18,21-22H2,(H,42,49)/t26?,27?,30?,31-,36?,39-/m0/s1. The molecule has 4 aromatic rings. The molecule has 0 spiro atoms. The Hall–Kier alpha value is -2.76. The molecule has 2 saturated heterocycles. The number of benzene rings is 1. The third-order valence-corrected chi connectivity index (χ3v) is 14.8. The molecule has 3 fully saturated rings. The summed E-state index contributed by atoms with van der Waals surface area (Å²) < 4.78 is 8.88. The highest BCUT2D eigenvalue weighted by atomic mass is 79.9. The normalized spacial score (nSPS) is 25.2. The molecular formula is C39H49BrN6O6S2. The van der Waals surface area contributed by atoms with E-state index in [1.165, 1.54) is 39.4 Å². The molecule has 5 heterocycles. The quantitative estimate of drug-likeness (QED) is 0.123. The molecule has 0 bridgehead atoms. The maximum Gasteiger partial charge on any atom is 0.349 e. The lowest BCUT2D eigenvalue weighted by atomic mass is 9.68. The number of nitrogens with one attached hydrogen (secondary N) is 2. The molecule has 54 heavy (non-hydrogen) atoms.